The average molecular weight is 611 g/mol. The topological polar surface area (TPSA) is 84.3 Å². The van der Waals surface area contributed by atoms with Crippen molar-refractivity contribution in [2.75, 3.05) is 25.1 Å². The number of likely N-dealkylation sites (tertiary alicyclic amines) is 1. The molecule has 3 aromatic rings. The van der Waals surface area contributed by atoms with Crippen LogP contribution in [-0.4, -0.2) is 60.3 Å². The summed E-state index contributed by atoms with van der Waals surface area (Å²) in [5.74, 6) is -0.378. The largest absolute Gasteiger partial charge is 0.467 e. The first-order valence-electron chi connectivity index (χ1n) is 16.1. The van der Waals surface area contributed by atoms with E-state index < -0.39 is 6.04 Å². The number of oxime groups is 1. The van der Waals surface area contributed by atoms with Crippen LogP contribution in [0.15, 0.2) is 59.8 Å². The maximum atomic E-state index is 14.0. The summed E-state index contributed by atoms with van der Waals surface area (Å²) in [7, 11) is 1.38. The Kier molecular flexibility index (Phi) is 10.2. The Morgan fingerprint density at radius 3 is 2.49 bits per heavy atom. The van der Waals surface area contributed by atoms with Crippen molar-refractivity contribution >= 4 is 23.8 Å². The van der Waals surface area contributed by atoms with Crippen LogP contribution in [0.4, 0.5) is 5.69 Å². The summed E-state index contributed by atoms with van der Waals surface area (Å²) in [5.41, 5.74) is 8.18. The minimum Gasteiger partial charge on any atom is -0.467 e. The molecule has 1 unspecified atom stereocenters. The molecule has 238 valence electrons. The van der Waals surface area contributed by atoms with Crippen LogP contribution in [0.3, 0.4) is 0 Å². The van der Waals surface area contributed by atoms with Gasteiger partial charge >= 0.3 is 5.97 Å². The van der Waals surface area contributed by atoms with Gasteiger partial charge in [-0.3, -0.25) is 9.78 Å². The third-order valence-electron chi connectivity index (χ3n) is 9.23. The van der Waals surface area contributed by atoms with Gasteiger partial charge in [0.25, 0.3) is 5.91 Å². The van der Waals surface area contributed by atoms with Gasteiger partial charge in [0.2, 0.25) is 0 Å². The zero-order chi connectivity index (χ0) is 32.1. The second-order valence-corrected chi connectivity index (χ2v) is 12.7. The number of ether oxygens (including phenoxy) is 1. The summed E-state index contributed by atoms with van der Waals surface area (Å²) in [5, 5.41) is 4.27. The van der Waals surface area contributed by atoms with E-state index in [1.807, 2.05) is 26.0 Å². The number of aromatic nitrogens is 1. The van der Waals surface area contributed by atoms with Gasteiger partial charge in [-0.25, -0.2) is 4.79 Å². The van der Waals surface area contributed by atoms with Gasteiger partial charge in [-0.15, -0.1) is 0 Å². The van der Waals surface area contributed by atoms with Gasteiger partial charge in [0.1, 0.15) is 12.1 Å². The molecule has 3 heterocycles. The molecule has 2 aliphatic rings. The minimum absolute atomic E-state index is 0.121. The molecule has 1 fully saturated rings. The maximum absolute atomic E-state index is 14.0. The molecule has 8 nitrogen and oxygen atoms in total. The molecule has 8 heteroatoms. The van der Waals surface area contributed by atoms with Gasteiger partial charge in [-0.05, 0) is 101 Å². The van der Waals surface area contributed by atoms with E-state index in [2.05, 4.69) is 61.2 Å². The minimum atomic E-state index is -0.638. The highest BCUT2D eigenvalue weighted by Crippen LogP contribution is 2.40. The van der Waals surface area contributed by atoms with E-state index in [0.29, 0.717) is 12.0 Å². The van der Waals surface area contributed by atoms with Crippen LogP contribution in [0.2, 0.25) is 0 Å². The number of methoxy groups -OCH3 is 1. The third kappa shape index (κ3) is 7.38. The Bertz CT molecular complexity index is 1520. The molecule has 1 amide bonds. The molecule has 2 aromatic carbocycles. The van der Waals surface area contributed by atoms with E-state index in [1.54, 1.807) is 23.2 Å². The SMILES string of the molecule is COC(=O)[C@@H]1CC[C@H](C)[C@@H](c2ccc(C)cc2)N1C(=O)c1ccc(C=NOC(C)CN2CCCCc3nc(C)c(C)cc32)cc1. The van der Waals surface area contributed by atoms with Crippen LogP contribution in [0.5, 0.6) is 0 Å². The Morgan fingerprint density at radius 1 is 1.04 bits per heavy atom. The molecular formula is C37H46N4O4. The maximum Gasteiger partial charge on any atom is 0.328 e. The van der Waals surface area contributed by atoms with E-state index in [-0.39, 0.29) is 29.9 Å². The number of piperidine rings is 1. The lowest BCUT2D eigenvalue weighted by Crippen LogP contribution is -2.52. The summed E-state index contributed by atoms with van der Waals surface area (Å²) < 4.78 is 5.14. The lowest BCUT2D eigenvalue weighted by atomic mass is 9.82. The highest BCUT2D eigenvalue weighted by Gasteiger charge is 2.43. The third-order valence-corrected chi connectivity index (χ3v) is 9.23. The lowest BCUT2D eigenvalue weighted by molar-refractivity contribution is -0.149. The number of anilines is 1. The summed E-state index contributed by atoms with van der Waals surface area (Å²) in [6, 6.07) is 16.9. The summed E-state index contributed by atoms with van der Waals surface area (Å²) >= 11 is 0. The molecule has 0 radical (unpaired) electrons. The zero-order valence-electron chi connectivity index (χ0n) is 27.5. The molecule has 5 rings (SSSR count). The van der Waals surface area contributed by atoms with Crippen molar-refractivity contribution in [3.63, 3.8) is 0 Å². The smallest absolute Gasteiger partial charge is 0.328 e. The zero-order valence-corrected chi connectivity index (χ0v) is 27.5. The van der Waals surface area contributed by atoms with E-state index >= 15 is 0 Å². The van der Waals surface area contributed by atoms with Crippen LogP contribution in [0, 0.1) is 26.7 Å². The number of rotatable bonds is 8. The summed E-state index contributed by atoms with van der Waals surface area (Å²) in [6.45, 7) is 12.1. The fourth-order valence-electron chi connectivity index (χ4n) is 6.58. The predicted octanol–water partition coefficient (Wildman–Crippen LogP) is 6.74. The Morgan fingerprint density at radius 2 is 1.78 bits per heavy atom. The Hall–Kier alpha value is -4.20. The first-order valence-corrected chi connectivity index (χ1v) is 16.1. The van der Waals surface area contributed by atoms with Crippen molar-refractivity contribution in [3.05, 3.63) is 93.8 Å². The summed E-state index contributed by atoms with van der Waals surface area (Å²) in [6.07, 6.45) is 6.22. The van der Waals surface area contributed by atoms with Crippen molar-refractivity contribution in [2.45, 2.75) is 84.9 Å². The first kappa shape index (κ1) is 32.2. The lowest BCUT2D eigenvalue weighted by Gasteiger charge is -2.44. The highest BCUT2D eigenvalue weighted by atomic mass is 16.6. The molecule has 0 saturated carbocycles. The van der Waals surface area contributed by atoms with Crippen LogP contribution >= 0.6 is 0 Å². The number of carbonyl (C=O) groups is 2. The van der Waals surface area contributed by atoms with Crippen LogP contribution in [0.25, 0.3) is 0 Å². The number of benzene rings is 2. The first-order chi connectivity index (χ1) is 21.7. The second kappa shape index (κ2) is 14.3. The van der Waals surface area contributed by atoms with Gasteiger partial charge in [0, 0.05) is 17.8 Å². The fourth-order valence-corrected chi connectivity index (χ4v) is 6.58. The molecular weight excluding hydrogens is 564 g/mol. The van der Waals surface area contributed by atoms with E-state index in [1.165, 1.54) is 24.1 Å². The number of fused-ring (bicyclic) bond motifs is 1. The molecule has 0 aliphatic carbocycles. The van der Waals surface area contributed by atoms with E-state index in [4.69, 9.17) is 14.6 Å². The van der Waals surface area contributed by atoms with Crippen LogP contribution < -0.4 is 4.90 Å². The van der Waals surface area contributed by atoms with Gasteiger partial charge in [0.15, 0.2) is 0 Å². The number of pyridine rings is 1. The Labute approximate surface area is 267 Å². The van der Waals surface area contributed by atoms with Gasteiger partial charge < -0.3 is 19.4 Å². The standard InChI is InChI=1S/C37H46N4O4/c1-24-10-15-30(16-11-24)35-25(2)12-19-33(37(43)44-6)41(35)36(42)31-17-13-29(14-18-31)22-38-45-27(4)23-40-20-8-7-9-32-34(40)21-26(3)28(5)39-32/h10-11,13-18,21-22,25,27,33,35H,7-9,12,19-20,23H2,1-6H3/t25-,27?,33-,35-/m0/s1. The molecule has 0 spiro atoms. The van der Waals surface area contributed by atoms with Gasteiger partial charge in [-0.2, -0.15) is 0 Å². The number of hydrogen-bond acceptors (Lipinski definition) is 7. The highest BCUT2D eigenvalue weighted by molar-refractivity contribution is 5.98. The van der Waals surface area contributed by atoms with E-state index in [9.17, 15) is 9.59 Å². The number of hydrogen-bond donors (Lipinski definition) is 0. The molecule has 4 atom stereocenters. The van der Waals surface area contributed by atoms with E-state index in [0.717, 1.165) is 61.2 Å². The van der Waals surface area contributed by atoms with Crippen molar-refractivity contribution in [2.24, 2.45) is 11.1 Å². The van der Waals surface area contributed by atoms with Crippen molar-refractivity contribution in [1.82, 2.24) is 9.88 Å². The monoisotopic (exact) mass is 610 g/mol. The molecule has 45 heavy (non-hydrogen) atoms. The number of esters is 1. The predicted molar refractivity (Wildman–Crippen MR) is 178 cm³/mol. The van der Waals surface area contributed by atoms with Crippen LogP contribution in [0.1, 0.15) is 89.6 Å². The average Bonchev–Trinajstić information content (AvgIpc) is 3.22. The Balaban J connectivity index is 1.27. The molecule has 1 aromatic heterocycles. The normalized spacial score (nSPS) is 20.8. The number of carbonyl (C=O) groups excluding carboxylic acids is 2. The van der Waals surface area contributed by atoms with Gasteiger partial charge in [-0.1, -0.05) is 54.0 Å². The van der Waals surface area contributed by atoms with Crippen molar-refractivity contribution in [3.8, 4) is 0 Å². The number of aryl methyl sites for hydroxylation is 4. The number of amides is 1. The van der Waals surface area contributed by atoms with Crippen molar-refractivity contribution in [1.29, 1.82) is 0 Å². The molecule has 2 aliphatic heterocycles. The van der Waals surface area contributed by atoms with Crippen molar-refractivity contribution < 1.29 is 19.2 Å². The molecule has 1 saturated heterocycles. The van der Waals surface area contributed by atoms with Gasteiger partial charge in [0.05, 0.1) is 37.3 Å². The van der Waals surface area contributed by atoms with Crippen LogP contribution in [-0.2, 0) is 20.8 Å². The summed E-state index contributed by atoms with van der Waals surface area (Å²) in [4.78, 5) is 41.7. The number of nitrogens with zero attached hydrogens (tertiary/aromatic N) is 4. The molecule has 0 N–H and O–H groups in total. The molecule has 0 bridgehead atoms. The fraction of sp³-hybridized carbons (Fsp3) is 0.459. The quantitative estimate of drug-likeness (QED) is 0.160. The second-order valence-electron chi connectivity index (χ2n) is 12.7.